The third kappa shape index (κ3) is 2.79. The van der Waals surface area contributed by atoms with Gasteiger partial charge in [-0.25, -0.2) is 13.1 Å². The van der Waals surface area contributed by atoms with Crippen LogP contribution >= 0.6 is 0 Å². The van der Waals surface area contributed by atoms with Gasteiger partial charge in [0.25, 0.3) is 0 Å². The Kier molecular flexibility index (Phi) is 2.60. The Labute approximate surface area is 101 Å². The molecule has 92 valence electrons. The molecule has 0 aliphatic heterocycles. The largest absolute Gasteiger partial charge is 0.382 e. The molecule has 2 aliphatic rings. The molecule has 2 saturated carbocycles. The van der Waals surface area contributed by atoms with Gasteiger partial charge in [0.15, 0.2) is 0 Å². The molecule has 2 fully saturated rings. The van der Waals surface area contributed by atoms with Crippen molar-refractivity contribution in [3.8, 4) is 0 Å². The first-order valence-electron chi connectivity index (χ1n) is 6.02. The van der Waals surface area contributed by atoms with Crippen LogP contribution in [0, 0.1) is 0 Å². The third-order valence-corrected chi connectivity index (χ3v) is 4.55. The van der Waals surface area contributed by atoms with Crippen LogP contribution in [0.5, 0.6) is 0 Å². The second-order valence-corrected chi connectivity index (χ2v) is 6.55. The highest BCUT2D eigenvalue weighted by molar-refractivity contribution is 7.89. The van der Waals surface area contributed by atoms with Crippen LogP contribution in [0.25, 0.3) is 0 Å². The highest BCUT2D eigenvalue weighted by Crippen LogP contribution is 2.26. The van der Waals surface area contributed by atoms with Gasteiger partial charge >= 0.3 is 0 Å². The lowest BCUT2D eigenvalue weighted by atomic mass is 10.3. The van der Waals surface area contributed by atoms with Gasteiger partial charge in [0.1, 0.15) is 0 Å². The summed E-state index contributed by atoms with van der Waals surface area (Å²) in [4.78, 5) is 0.353. The van der Waals surface area contributed by atoms with E-state index in [2.05, 4.69) is 10.0 Å². The van der Waals surface area contributed by atoms with Crippen molar-refractivity contribution in [1.29, 1.82) is 0 Å². The van der Waals surface area contributed by atoms with E-state index in [1.54, 1.807) is 12.1 Å². The van der Waals surface area contributed by atoms with Gasteiger partial charge in [0.05, 0.1) is 4.90 Å². The fourth-order valence-corrected chi connectivity index (χ4v) is 2.99. The molecule has 5 heteroatoms. The van der Waals surface area contributed by atoms with Crippen LogP contribution in [0.2, 0.25) is 0 Å². The van der Waals surface area contributed by atoms with Crippen molar-refractivity contribution in [1.82, 2.24) is 4.72 Å². The van der Waals surface area contributed by atoms with E-state index in [1.165, 1.54) is 12.8 Å². The molecule has 17 heavy (non-hydrogen) atoms. The first-order valence-corrected chi connectivity index (χ1v) is 7.51. The smallest absolute Gasteiger partial charge is 0.240 e. The standard InChI is InChI=1S/C12H16N2O2S/c15-17(16,14-11-3-4-11)12-7-5-10(6-8-12)13-9-1-2-9/h5-9,11,13-14H,1-4H2. The maximum absolute atomic E-state index is 11.9. The Hall–Kier alpha value is -1.07. The Morgan fingerprint density at radius 3 is 2.06 bits per heavy atom. The molecule has 0 radical (unpaired) electrons. The molecule has 0 aromatic heterocycles. The minimum Gasteiger partial charge on any atom is -0.382 e. The molecule has 0 spiro atoms. The quantitative estimate of drug-likeness (QED) is 0.838. The number of nitrogens with one attached hydrogen (secondary N) is 2. The van der Waals surface area contributed by atoms with Crippen LogP contribution in [0.1, 0.15) is 25.7 Å². The molecule has 0 atom stereocenters. The number of benzene rings is 1. The van der Waals surface area contributed by atoms with Gasteiger partial charge in [-0.2, -0.15) is 0 Å². The molecule has 2 N–H and O–H groups in total. The molecule has 1 aromatic rings. The molecule has 0 heterocycles. The first-order chi connectivity index (χ1) is 8.13. The molecule has 2 aliphatic carbocycles. The van der Waals surface area contributed by atoms with E-state index in [0.717, 1.165) is 18.5 Å². The Bertz CT molecular complexity index is 502. The van der Waals surface area contributed by atoms with E-state index in [-0.39, 0.29) is 6.04 Å². The van der Waals surface area contributed by atoms with Gasteiger partial charge in [-0.15, -0.1) is 0 Å². The van der Waals surface area contributed by atoms with Crippen molar-refractivity contribution >= 4 is 15.7 Å². The van der Waals surface area contributed by atoms with Crippen LogP contribution in [0.4, 0.5) is 5.69 Å². The van der Waals surface area contributed by atoms with E-state index in [4.69, 9.17) is 0 Å². The maximum atomic E-state index is 11.9. The van der Waals surface area contributed by atoms with Gasteiger partial charge in [0.2, 0.25) is 10.0 Å². The Balaban J connectivity index is 1.73. The van der Waals surface area contributed by atoms with E-state index >= 15 is 0 Å². The summed E-state index contributed by atoms with van der Waals surface area (Å²) in [5, 5.41) is 3.33. The molecule has 0 bridgehead atoms. The average Bonchev–Trinajstić information content (AvgIpc) is 3.15. The summed E-state index contributed by atoms with van der Waals surface area (Å²) in [5.74, 6) is 0. The first kappa shape index (κ1) is 11.0. The summed E-state index contributed by atoms with van der Waals surface area (Å²) in [6.07, 6.45) is 4.34. The summed E-state index contributed by atoms with van der Waals surface area (Å²) in [7, 11) is -3.30. The topological polar surface area (TPSA) is 58.2 Å². The van der Waals surface area contributed by atoms with Crippen molar-refractivity contribution < 1.29 is 8.42 Å². The molecule has 3 rings (SSSR count). The van der Waals surface area contributed by atoms with Gasteiger partial charge in [-0.1, -0.05) is 0 Å². The lowest BCUT2D eigenvalue weighted by Crippen LogP contribution is -2.25. The van der Waals surface area contributed by atoms with Gasteiger partial charge < -0.3 is 5.32 Å². The average molecular weight is 252 g/mol. The fraction of sp³-hybridized carbons (Fsp3) is 0.500. The van der Waals surface area contributed by atoms with Gasteiger partial charge in [0, 0.05) is 17.8 Å². The van der Waals surface area contributed by atoms with Crippen molar-refractivity contribution in [3.05, 3.63) is 24.3 Å². The summed E-state index contributed by atoms with van der Waals surface area (Å²) in [6.45, 7) is 0. The molecule has 0 unspecified atom stereocenters. The van der Waals surface area contributed by atoms with Crippen LogP contribution < -0.4 is 10.0 Å². The zero-order valence-electron chi connectivity index (χ0n) is 9.52. The van der Waals surface area contributed by atoms with Crippen molar-refractivity contribution in [2.45, 2.75) is 42.7 Å². The van der Waals surface area contributed by atoms with E-state index in [1.807, 2.05) is 12.1 Å². The summed E-state index contributed by atoms with van der Waals surface area (Å²) in [5.41, 5.74) is 0.998. The monoisotopic (exact) mass is 252 g/mol. The molecular weight excluding hydrogens is 236 g/mol. The number of hydrogen-bond donors (Lipinski definition) is 2. The van der Waals surface area contributed by atoms with Gasteiger partial charge in [-0.05, 0) is 49.9 Å². The zero-order valence-corrected chi connectivity index (χ0v) is 10.3. The minimum atomic E-state index is -3.30. The van der Waals surface area contributed by atoms with Crippen molar-refractivity contribution in [2.24, 2.45) is 0 Å². The molecule has 4 nitrogen and oxygen atoms in total. The predicted molar refractivity (Wildman–Crippen MR) is 66.4 cm³/mol. The maximum Gasteiger partial charge on any atom is 0.240 e. The SMILES string of the molecule is O=S(=O)(NC1CC1)c1ccc(NC2CC2)cc1. The number of rotatable bonds is 5. The van der Waals surface area contributed by atoms with Crippen molar-refractivity contribution in [3.63, 3.8) is 0 Å². The van der Waals surface area contributed by atoms with E-state index < -0.39 is 10.0 Å². The molecule has 1 aromatic carbocycles. The fourth-order valence-electron chi connectivity index (χ4n) is 1.68. The van der Waals surface area contributed by atoms with E-state index in [0.29, 0.717) is 10.9 Å². The summed E-state index contributed by atoms with van der Waals surface area (Å²) in [6, 6.07) is 7.73. The highest BCUT2D eigenvalue weighted by atomic mass is 32.2. The van der Waals surface area contributed by atoms with Crippen LogP contribution in [-0.2, 0) is 10.0 Å². The Morgan fingerprint density at radius 1 is 0.941 bits per heavy atom. The molecular formula is C12H16N2O2S. The van der Waals surface area contributed by atoms with E-state index in [9.17, 15) is 8.42 Å². The third-order valence-electron chi connectivity index (χ3n) is 3.01. The zero-order chi connectivity index (χ0) is 11.9. The summed E-state index contributed by atoms with van der Waals surface area (Å²) < 4.78 is 26.5. The predicted octanol–water partition coefficient (Wildman–Crippen LogP) is 1.70. The second kappa shape index (κ2) is 3.99. The lowest BCUT2D eigenvalue weighted by Gasteiger charge is -2.07. The summed E-state index contributed by atoms with van der Waals surface area (Å²) >= 11 is 0. The van der Waals surface area contributed by atoms with Crippen LogP contribution in [-0.4, -0.2) is 20.5 Å². The minimum absolute atomic E-state index is 0.157. The van der Waals surface area contributed by atoms with Crippen LogP contribution in [0.3, 0.4) is 0 Å². The normalized spacial score (nSPS) is 20.2. The number of sulfonamides is 1. The Morgan fingerprint density at radius 2 is 1.53 bits per heavy atom. The number of anilines is 1. The second-order valence-electron chi connectivity index (χ2n) is 4.84. The highest BCUT2D eigenvalue weighted by Gasteiger charge is 2.28. The number of hydrogen-bond acceptors (Lipinski definition) is 3. The van der Waals surface area contributed by atoms with Gasteiger partial charge in [-0.3, -0.25) is 0 Å². The van der Waals surface area contributed by atoms with Crippen molar-refractivity contribution in [2.75, 3.05) is 5.32 Å². The molecule has 0 saturated heterocycles. The molecule has 0 amide bonds. The van der Waals surface area contributed by atoms with Crippen LogP contribution in [0.15, 0.2) is 29.2 Å². The lowest BCUT2D eigenvalue weighted by molar-refractivity contribution is 0.581.